The van der Waals surface area contributed by atoms with Crippen LogP contribution in [0.25, 0.3) is 0 Å². The molecule has 6 nitrogen and oxygen atoms in total. The summed E-state index contributed by atoms with van der Waals surface area (Å²) in [7, 11) is 3.18. The lowest BCUT2D eigenvalue weighted by Crippen LogP contribution is -2.36. The molecule has 1 fully saturated rings. The molecule has 144 valence electrons. The molecule has 2 aromatic rings. The second-order valence-electron chi connectivity index (χ2n) is 6.41. The largest absolute Gasteiger partial charge is 0.493 e. The van der Waals surface area contributed by atoms with Crippen molar-refractivity contribution in [1.82, 2.24) is 5.32 Å². The molecule has 1 N–H and O–H groups in total. The van der Waals surface area contributed by atoms with Crippen LogP contribution in [0, 0.1) is 0 Å². The summed E-state index contributed by atoms with van der Waals surface area (Å²) >= 11 is 0. The fourth-order valence-electron chi connectivity index (χ4n) is 3.09. The van der Waals surface area contributed by atoms with Gasteiger partial charge in [-0.15, -0.1) is 0 Å². The third kappa shape index (κ3) is 5.14. The summed E-state index contributed by atoms with van der Waals surface area (Å²) in [5.41, 5.74) is 3.15. The molecule has 0 unspecified atom stereocenters. The summed E-state index contributed by atoms with van der Waals surface area (Å²) in [6, 6.07) is 13.8. The van der Waals surface area contributed by atoms with E-state index in [1.54, 1.807) is 14.2 Å². The zero-order valence-electron chi connectivity index (χ0n) is 15.9. The Hall–Kier alpha value is -2.73. The Balaban J connectivity index is 1.51. The van der Waals surface area contributed by atoms with Crippen molar-refractivity contribution in [2.45, 2.75) is 13.0 Å². The summed E-state index contributed by atoms with van der Waals surface area (Å²) < 4.78 is 15.9. The predicted octanol–water partition coefficient (Wildman–Crippen LogP) is 2.40. The fourth-order valence-corrected chi connectivity index (χ4v) is 3.09. The minimum absolute atomic E-state index is 0.0283. The fraction of sp³-hybridized carbons (Fsp3) is 0.381. The molecule has 0 aliphatic carbocycles. The molecule has 0 atom stereocenters. The first-order valence-electron chi connectivity index (χ1n) is 9.09. The number of nitrogens with one attached hydrogen (secondary N) is 1. The van der Waals surface area contributed by atoms with Crippen molar-refractivity contribution in [3.63, 3.8) is 0 Å². The van der Waals surface area contributed by atoms with Crippen LogP contribution in [0.3, 0.4) is 0 Å². The van der Waals surface area contributed by atoms with Crippen molar-refractivity contribution in [1.29, 1.82) is 0 Å². The maximum Gasteiger partial charge on any atom is 0.224 e. The predicted molar refractivity (Wildman–Crippen MR) is 105 cm³/mol. The number of methoxy groups -OCH3 is 2. The Kier molecular flexibility index (Phi) is 6.54. The van der Waals surface area contributed by atoms with Gasteiger partial charge in [0, 0.05) is 25.3 Å². The smallest absolute Gasteiger partial charge is 0.224 e. The summed E-state index contributed by atoms with van der Waals surface area (Å²) in [6.07, 6.45) is 0.298. The minimum Gasteiger partial charge on any atom is -0.493 e. The summed E-state index contributed by atoms with van der Waals surface area (Å²) in [6.45, 7) is 3.89. The first-order valence-corrected chi connectivity index (χ1v) is 9.09. The Labute approximate surface area is 160 Å². The average Bonchev–Trinajstić information content (AvgIpc) is 2.73. The van der Waals surface area contributed by atoms with Gasteiger partial charge >= 0.3 is 0 Å². The second-order valence-corrected chi connectivity index (χ2v) is 6.41. The molecule has 1 amide bonds. The van der Waals surface area contributed by atoms with Crippen LogP contribution in [0.15, 0.2) is 42.5 Å². The molecule has 2 aromatic carbocycles. The van der Waals surface area contributed by atoms with E-state index in [0.29, 0.717) is 24.5 Å². The SMILES string of the molecule is COc1ccc(CC(=O)NCc2ccc(N3CCOCC3)cc2)cc1OC. The molecule has 6 heteroatoms. The van der Waals surface area contributed by atoms with E-state index in [2.05, 4.69) is 34.5 Å². The van der Waals surface area contributed by atoms with Gasteiger partial charge in [0.25, 0.3) is 0 Å². The number of benzene rings is 2. The van der Waals surface area contributed by atoms with Crippen LogP contribution < -0.4 is 19.7 Å². The quantitative estimate of drug-likeness (QED) is 0.811. The lowest BCUT2D eigenvalue weighted by Gasteiger charge is -2.28. The monoisotopic (exact) mass is 370 g/mol. The van der Waals surface area contributed by atoms with E-state index < -0.39 is 0 Å². The average molecular weight is 370 g/mol. The van der Waals surface area contributed by atoms with Crippen LogP contribution in [0.4, 0.5) is 5.69 Å². The van der Waals surface area contributed by atoms with Crippen LogP contribution in [-0.4, -0.2) is 46.4 Å². The van der Waals surface area contributed by atoms with Gasteiger partial charge in [0.05, 0.1) is 33.9 Å². The third-order valence-electron chi connectivity index (χ3n) is 4.61. The molecular formula is C21H26N2O4. The minimum atomic E-state index is -0.0283. The van der Waals surface area contributed by atoms with Gasteiger partial charge in [-0.1, -0.05) is 18.2 Å². The van der Waals surface area contributed by atoms with Gasteiger partial charge < -0.3 is 24.4 Å². The van der Waals surface area contributed by atoms with Crippen molar-refractivity contribution in [3.05, 3.63) is 53.6 Å². The molecule has 0 saturated carbocycles. The molecule has 1 heterocycles. The normalized spacial score (nSPS) is 13.9. The number of morpholine rings is 1. The number of hydrogen-bond donors (Lipinski definition) is 1. The molecule has 27 heavy (non-hydrogen) atoms. The van der Waals surface area contributed by atoms with E-state index in [9.17, 15) is 4.79 Å². The van der Waals surface area contributed by atoms with Crippen molar-refractivity contribution in [2.24, 2.45) is 0 Å². The first kappa shape index (κ1) is 19.0. The molecule has 1 aliphatic rings. The summed E-state index contributed by atoms with van der Waals surface area (Å²) in [4.78, 5) is 14.6. The highest BCUT2D eigenvalue weighted by atomic mass is 16.5. The maximum atomic E-state index is 12.2. The van der Waals surface area contributed by atoms with E-state index in [-0.39, 0.29) is 5.91 Å². The number of amides is 1. The van der Waals surface area contributed by atoms with Crippen LogP contribution in [0.1, 0.15) is 11.1 Å². The first-order chi connectivity index (χ1) is 13.2. The van der Waals surface area contributed by atoms with E-state index in [4.69, 9.17) is 14.2 Å². The van der Waals surface area contributed by atoms with Crippen LogP contribution in [-0.2, 0) is 22.5 Å². The molecule has 1 saturated heterocycles. The van der Waals surface area contributed by atoms with Gasteiger partial charge in [-0.25, -0.2) is 0 Å². The highest BCUT2D eigenvalue weighted by Gasteiger charge is 2.11. The topological polar surface area (TPSA) is 60.0 Å². The molecular weight excluding hydrogens is 344 g/mol. The third-order valence-corrected chi connectivity index (χ3v) is 4.61. The molecule has 3 rings (SSSR count). The van der Waals surface area contributed by atoms with E-state index >= 15 is 0 Å². The van der Waals surface area contributed by atoms with Crippen LogP contribution >= 0.6 is 0 Å². The highest BCUT2D eigenvalue weighted by Crippen LogP contribution is 2.27. The number of anilines is 1. The molecule has 0 aromatic heterocycles. The zero-order valence-corrected chi connectivity index (χ0v) is 15.9. The van der Waals surface area contributed by atoms with E-state index in [1.165, 1.54) is 5.69 Å². The lowest BCUT2D eigenvalue weighted by molar-refractivity contribution is -0.120. The standard InChI is InChI=1S/C21H26N2O4/c1-25-19-8-5-17(13-20(19)26-2)14-21(24)22-15-16-3-6-18(7-4-16)23-9-11-27-12-10-23/h3-8,13H,9-12,14-15H2,1-2H3,(H,22,24). The van der Waals surface area contributed by atoms with Crippen LogP contribution in [0.2, 0.25) is 0 Å². The Morgan fingerprint density at radius 1 is 1.00 bits per heavy atom. The highest BCUT2D eigenvalue weighted by molar-refractivity contribution is 5.78. The van der Waals surface area contributed by atoms with Crippen molar-refractivity contribution < 1.29 is 19.0 Å². The zero-order chi connectivity index (χ0) is 19.1. The molecule has 0 bridgehead atoms. The number of ether oxygens (including phenoxy) is 3. The van der Waals surface area contributed by atoms with Crippen molar-refractivity contribution >= 4 is 11.6 Å². The Morgan fingerprint density at radius 2 is 1.67 bits per heavy atom. The van der Waals surface area contributed by atoms with Gasteiger partial charge in [-0.3, -0.25) is 4.79 Å². The maximum absolute atomic E-state index is 12.2. The van der Waals surface area contributed by atoms with Gasteiger partial charge in [-0.2, -0.15) is 0 Å². The van der Waals surface area contributed by atoms with Crippen molar-refractivity contribution in [2.75, 3.05) is 45.4 Å². The number of carbonyl (C=O) groups is 1. The second kappa shape index (κ2) is 9.28. The van der Waals surface area contributed by atoms with Crippen LogP contribution in [0.5, 0.6) is 11.5 Å². The number of nitrogens with zero attached hydrogens (tertiary/aromatic N) is 1. The summed E-state index contributed by atoms with van der Waals surface area (Å²) in [5, 5.41) is 2.97. The molecule has 0 radical (unpaired) electrons. The van der Waals surface area contributed by atoms with Gasteiger partial charge in [0.1, 0.15) is 0 Å². The Morgan fingerprint density at radius 3 is 2.33 bits per heavy atom. The number of carbonyl (C=O) groups excluding carboxylic acids is 1. The number of rotatable bonds is 7. The van der Waals surface area contributed by atoms with Gasteiger partial charge in [0.2, 0.25) is 5.91 Å². The molecule has 1 aliphatic heterocycles. The van der Waals surface area contributed by atoms with E-state index in [1.807, 2.05) is 18.2 Å². The van der Waals surface area contributed by atoms with Crippen molar-refractivity contribution in [3.8, 4) is 11.5 Å². The van der Waals surface area contributed by atoms with Gasteiger partial charge in [-0.05, 0) is 35.4 Å². The number of hydrogen-bond acceptors (Lipinski definition) is 5. The summed E-state index contributed by atoms with van der Waals surface area (Å²) in [5.74, 6) is 1.25. The van der Waals surface area contributed by atoms with Gasteiger partial charge in [0.15, 0.2) is 11.5 Å². The van der Waals surface area contributed by atoms with E-state index in [0.717, 1.165) is 37.4 Å². The Bertz CT molecular complexity index is 755. The lowest BCUT2D eigenvalue weighted by atomic mass is 10.1. The molecule has 0 spiro atoms.